The zero-order valence-electron chi connectivity index (χ0n) is 15.3. The average molecular weight is 356 g/mol. The maximum absolute atomic E-state index is 11.3. The SMILES string of the molecule is CCC(=O)CCCCCCc1ncc(-c2cc3ocnc3cc2OC)o1. The standard InChI is InChI=1S/C20H24N2O4/c1-3-14(23)8-6-4-5-7-9-20-21-12-19(26-20)15-10-18-16(22-13-25-18)11-17(15)24-2/h10-13H,3-9H2,1-2H3. The molecule has 6 nitrogen and oxygen atoms in total. The number of oxazole rings is 2. The number of hydrogen-bond donors (Lipinski definition) is 0. The molecule has 0 radical (unpaired) electrons. The number of ketones is 1. The maximum atomic E-state index is 11.3. The van der Waals surface area contributed by atoms with E-state index in [-0.39, 0.29) is 0 Å². The van der Waals surface area contributed by atoms with Crippen LogP contribution in [0.5, 0.6) is 5.75 Å². The molecule has 2 heterocycles. The number of carbonyl (C=O) groups excluding carboxylic acids is 1. The predicted molar refractivity (Wildman–Crippen MR) is 98.1 cm³/mol. The number of unbranched alkanes of at least 4 members (excludes halogenated alkanes) is 3. The maximum Gasteiger partial charge on any atom is 0.194 e. The summed E-state index contributed by atoms with van der Waals surface area (Å²) in [6, 6.07) is 3.68. The molecule has 1 aromatic carbocycles. The normalized spacial score (nSPS) is 11.2. The Morgan fingerprint density at radius 3 is 2.81 bits per heavy atom. The lowest BCUT2D eigenvalue weighted by atomic mass is 10.1. The Kier molecular flexibility index (Phi) is 6.04. The molecule has 6 heteroatoms. The molecule has 2 aromatic heterocycles. The highest BCUT2D eigenvalue weighted by molar-refractivity contribution is 5.83. The fourth-order valence-electron chi connectivity index (χ4n) is 2.92. The van der Waals surface area contributed by atoms with Crippen molar-refractivity contribution < 1.29 is 18.4 Å². The summed E-state index contributed by atoms with van der Waals surface area (Å²) in [5.74, 6) is 2.39. The number of ether oxygens (including phenoxy) is 1. The van der Waals surface area contributed by atoms with Crippen LogP contribution in [0.15, 0.2) is 33.6 Å². The Balaban J connectivity index is 1.57. The van der Waals surface area contributed by atoms with Crippen LogP contribution in [0, 0.1) is 0 Å². The molecule has 0 saturated heterocycles. The number of Topliss-reactive ketones (excluding diaryl/α,β-unsaturated/α-hetero) is 1. The van der Waals surface area contributed by atoms with Crippen LogP contribution < -0.4 is 4.74 Å². The third-order valence-corrected chi connectivity index (χ3v) is 4.46. The van der Waals surface area contributed by atoms with Crippen LogP contribution in [0.3, 0.4) is 0 Å². The summed E-state index contributed by atoms with van der Waals surface area (Å²) in [6.07, 6.45) is 9.36. The van der Waals surface area contributed by atoms with E-state index in [1.807, 2.05) is 19.1 Å². The highest BCUT2D eigenvalue weighted by Gasteiger charge is 2.15. The van der Waals surface area contributed by atoms with Gasteiger partial charge < -0.3 is 13.6 Å². The van der Waals surface area contributed by atoms with Gasteiger partial charge in [-0.05, 0) is 18.9 Å². The van der Waals surface area contributed by atoms with Gasteiger partial charge in [-0.15, -0.1) is 0 Å². The average Bonchev–Trinajstić information content (AvgIpc) is 3.31. The first kappa shape index (κ1) is 18.2. The van der Waals surface area contributed by atoms with Crippen LogP contribution >= 0.6 is 0 Å². The van der Waals surface area contributed by atoms with E-state index in [0.29, 0.717) is 41.6 Å². The Morgan fingerprint density at radius 2 is 2.00 bits per heavy atom. The molecule has 0 N–H and O–H groups in total. The summed E-state index contributed by atoms with van der Waals surface area (Å²) >= 11 is 0. The Labute approximate surface area is 152 Å². The molecule has 0 amide bonds. The smallest absolute Gasteiger partial charge is 0.194 e. The van der Waals surface area contributed by atoms with Gasteiger partial charge in [0.05, 0.1) is 18.9 Å². The molecule has 138 valence electrons. The fourth-order valence-corrected chi connectivity index (χ4v) is 2.92. The molecule has 0 aliphatic carbocycles. The second-order valence-corrected chi connectivity index (χ2v) is 6.30. The largest absolute Gasteiger partial charge is 0.496 e. The summed E-state index contributed by atoms with van der Waals surface area (Å²) in [6.45, 7) is 1.91. The summed E-state index contributed by atoms with van der Waals surface area (Å²) in [5, 5.41) is 0. The molecule has 0 spiro atoms. The first-order valence-corrected chi connectivity index (χ1v) is 9.09. The predicted octanol–water partition coefficient (Wildman–Crippen LogP) is 4.96. The number of rotatable bonds is 10. The van der Waals surface area contributed by atoms with E-state index in [1.54, 1.807) is 13.3 Å². The van der Waals surface area contributed by atoms with Crippen molar-refractivity contribution in [2.75, 3.05) is 7.11 Å². The van der Waals surface area contributed by atoms with E-state index in [2.05, 4.69) is 9.97 Å². The Hall–Kier alpha value is -2.63. The van der Waals surface area contributed by atoms with E-state index in [0.717, 1.165) is 43.2 Å². The van der Waals surface area contributed by atoms with Gasteiger partial charge in [-0.1, -0.05) is 19.8 Å². The molecule has 0 bridgehead atoms. The van der Waals surface area contributed by atoms with Crippen molar-refractivity contribution in [3.63, 3.8) is 0 Å². The van der Waals surface area contributed by atoms with Crippen molar-refractivity contribution in [1.82, 2.24) is 9.97 Å². The number of fused-ring (bicyclic) bond motifs is 1. The van der Waals surface area contributed by atoms with Crippen LogP contribution in [-0.2, 0) is 11.2 Å². The highest BCUT2D eigenvalue weighted by atomic mass is 16.5. The van der Waals surface area contributed by atoms with Crippen LogP contribution in [0.1, 0.15) is 51.3 Å². The quantitative estimate of drug-likeness (QED) is 0.478. The van der Waals surface area contributed by atoms with Crippen molar-refractivity contribution in [2.45, 2.75) is 51.9 Å². The number of hydrogen-bond acceptors (Lipinski definition) is 6. The van der Waals surface area contributed by atoms with Gasteiger partial charge in [0.2, 0.25) is 0 Å². The van der Waals surface area contributed by atoms with Crippen LogP contribution in [0.4, 0.5) is 0 Å². The minimum absolute atomic E-state index is 0.347. The topological polar surface area (TPSA) is 78.4 Å². The molecule has 0 aliphatic rings. The molecule has 0 saturated carbocycles. The lowest BCUT2D eigenvalue weighted by Gasteiger charge is -2.05. The first-order valence-electron chi connectivity index (χ1n) is 9.09. The number of aryl methyl sites for hydroxylation is 1. The third-order valence-electron chi connectivity index (χ3n) is 4.46. The molecule has 26 heavy (non-hydrogen) atoms. The number of carbonyl (C=O) groups is 1. The van der Waals surface area contributed by atoms with Gasteiger partial charge in [-0.25, -0.2) is 9.97 Å². The molecule has 0 unspecified atom stereocenters. The van der Waals surface area contributed by atoms with Crippen molar-refractivity contribution >= 4 is 16.9 Å². The zero-order chi connectivity index (χ0) is 18.4. The second-order valence-electron chi connectivity index (χ2n) is 6.30. The molecular weight excluding hydrogens is 332 g/mol. The van der Waals surface area contributed by atoms with Gasteiger partial charge in [0.1, 0.15) is 17.0 Å². The Bertz CT molecular complexity index is 866. The number of benzene rings is 1. The minimum Gasteiger partial charge on any atom is -0.496 e. The van der Waals surface area contributed by atoms with Gasteiger partial charge in [-0.3, -0.25) is 4.79 Å². The van der Waals surface area contributed by atoms with Crippen molar-refractivity contribution in [3.05, 3.63) is 30.6 Å². The molecular formula is C20H24N2O4. The van der Waals surface area contributed by atoms with Crippen LogP contribution in [0.2, 0.25) is 0 Å². The first-order chi connectivity index (χ1) is 12.7. The number of aromatic nitrogens is 2. The number of nitrogens with zero attached hydrogens (tertiary/aromatic N) is 2. The van der Waals surface area contributed by atoms with Crippen molar-refractivity contribution in [3.8, 4) is 17.1 Å². The Morgan fingerprint density at radius 1 is 1.15 bits per heavy atom. The molecule has 0 atom stereocenters. The highest BCUT2D eigenvalue weighted by Crippen LogP contribution is 2.34. The summed E-state index contributed by atoms with van der Waals surface area (Å²) in [4.78, 5) is 19.8. The van der Waals surface area contributed by atoms with E-state index in [9.17, 15) is 4.79 Å². The van der Waals surface area contributed by atoms with Gasteiger partial charge >= 0.3 is 0 Å². The fraction of sp³-hybridized carbons (Fsp3) is 0.450. The number of methoxy groups -OCH3 is 1. The van der Waals surface area contributed by atoms with E-state index >= 15 is 0 Å². The minimum atomic E-state index is 0.347. The molecule has 0 aliphatic heterocycles. The summed E-state index contributed by atoms with van der Waals surface area (Å²) in [7, 11) is 1.62. The van der Waals surface area contributed by atoms with Crippen molar-refractivity contribution in [2.24, 2.45) is 0 Å². The summed E-state index contributed by atoms with van der Waals surface area (Å²) in [5.41, 5.74) is 2.22. The lowest BCUT2D eigenvalue weighted by molar-refractivity contribution is -0.118. The van der Waals surface area contributed by atoms with Gasteiger partial charge in [-0.2, -0.15) is 0 Å². The van der Waals surface area contributed by atoms with Gasteiger partial charge in [0.15, 0.2) is 23.6 Å². The zero-order valence-corrected chi connectivity index (χ0v) is 15.3. The van der Waals surface area contributed by atoms with Crippen molar-refractivity contribution in [1.29, 1.82) is 0 Å². The van der Waals surface area contributed by atoms with Crippen LogP contribution in [-0.4, -0.2) is 22.9 Å². The molecule has 3 aromatic rings. The van der Waals surface area contributed by atoms with Crippen LogP contribution in [0.25, 0.3) is 22.4 Å². The molecule has 3 rings (SSSR count). The van der Waals surface area contributed by atoms with E-state index < -0.39 is 0 Å². The second kappa shape index (κ2) is 8.65. The monoisotopic (exact) mass is 356 g/mol. The van der Waals surface area contributed by atoms with E-state index in [1.165, 1.54) is 6.39 Å². The molecule has 0 fully saturated rings. The summed E-state index contributed by atoms with van der Waals surface area (Å²) < 4.78 is 16.7. The van der Waals surface area contributed by atoms with Gasteiger partial charge in [0, 0.05) is 25.3 Å². The third kappa shape index (κ3) is 4.31. The van der Waals surface area contributed by atoms with E-state index in [4.69, 9.17) is 13.6 Å². The van der Waals surface area contributed by atoms with Gasteiger partial charge in [0.25, 0.3) is 0 Å². The lowest BCUT2D eigenvalue weighted by Crippen LogP contribution is -1.94.